The van der Waals surface area contributed by atoms with E-state index in [1.165, 1.54) is 12.1 Å². The van der Waals surface area contributed by atoms with E-state index in [-0.39, 0.29) is 12.2 Å². The molecule has 0 aromatic heterocycles. The average Bonchev–Trinajstić information content (AvgIpc) is 2.22. The minimum atomic E-state index is -0.682. The molecule has 0 heterocycles. The molecule has 0 amide bonds. The second-order valence-electron chi connectivity index (χ2n) is 3.05. The summed E-state index contributed by atoms with van der Waals surface area (Å²) in [6.45, 7) is 3.60. The second kappa shape index (κ2) is 5.53. The molecule has 84 valence electrons. The number of ether oxygens (including phenoxy) is 1. The van der Waals surface area contributed by atoms with Gasteiger partial charge >= 0.3 is 5.97 Å². The molecular formula is C12H10ClFO2. The first-order valence-electron chi connectivity index (χ1n) is 4.69. The summed E-state index contributed by atoms with van der Waals surface area (Å²) in [6, 6.07) is 2.66. The van der Waals surface area contributed by atoms with Crippen LogP contribution in [0.3, 0.4) is 0 Å². The molecule has 0 bridgehead atoms. The molecule has 4 heteroatoms. The molecule has 0 aliphatic heterocycles. The molecule has 1 aromatic carbocycles. The van der Waals surface area contributed by atoms with E-state index in [1.807, 2.05) is 0 Å². The van der Waals surface area contributed by atoms with Gasteiger partial charge in [0.25, 0.3) is 0 Å². The van der Waals surface area contributed by atoms with Gasteiger partial charge in [0.05, 0.1) is 12.2 Å². The molecule has 0 aliphatic rings. The molecule has 0 atom stereocenters. The molecule has 0 aliphatic carbocycles. The summed E-state index contributed by atoms with van der Waals surface area (Å²) >= 11 is 5.81. The summed E-state index contributed by atoms with van der Waals surface area (Å²) in [5, 5.41) is 0.412. The average molecular weight is 241 g/mol. The lowest BCUT2D eigenvalue weighted by Crippen LogP contribution is -1.99. The van der Waals surface area contributed by atoms with Gasteiger partial charge in [0.15, 0.2) is 0 Å². The van der Waals surface area contributed by atoms with Gasteiger partial charge in [-0.3, -0.25) is 0 Å². The van der Waals surface area contributed by atoms with Crippen molar-refractivity contribution in [1.82, 2.24) is 0 Å². The molecule has 1 aromatic rings. The van der Waals surface area contributed by atoms with Crippen LogP contribution in [0.25, 0.3) is 0 Å². The van der Waals surface area contributed by atoms with E-state index in [1.54, 1.807) is 13.8 Å². The van der Waals surface area contributed by atoms with Crippen LogP contribution in [0, 0.1) is 24.6 Å². The molecule has 0 saturated carbocycles. The Morgan fingerprint density at radius 1 is 1.56 bits per heavy atom. The summed E-state index contributed by atoms with van der Waals surface area (Å²) in [6.07, 6.45) is 0. The van der Waals surface area contributed by atoms with Gasteiger partial charge in [0.1, 0.15) is 5.82 Å². The lowest BCUT2D eigenvalue weighted by Gasteiger charge is -1.99. The maximum atomic E-state index is 13.4. The van der Waals surface area contributed by atoms with Crippen molar-refractivity contribution in [3.8, 4) is 11.8 Å². The number of hydrogen-bond acceptors (Lipinski definition) is 2. The van der Waals surface area contributed by atoms with Crippen molar-refractivity contribution in [3.05, 3.63) is 34.1 Å². The Morgan fingerprint density at radius 3 is 2.88 bits per heavy atom. The van der Waals surface area contributed by atoms with E-state index in [4.69, 9.17) is 11.6 Å². The minimum Gasteiger partial charge on any atom is -0.456 e. The fourth-order valence-electron chi connectivity index (χ4n) is 1.03. The topological polar surface area (TPSA) is 26.3 Å². The fraction of sp³-hybridized carbons (Fsp3) is 0.250. The zero-order valence-corrected chi connectivity index (χ0v) is 9.69. The number of carbonyl (C=O) groups is 1. The first-order chi connectivity index (χ1) is 7.54. The Hall–Kier alpha value is -1.53. The largest absolute Gasteiger partial charge is 0.456 e. The number of benzene rings is 1. The number of carbonyl (C=O) groups excluding carboxylic acids is 1. The molecule has 1 rings (SSSR count). The third kappa shape index (κ3) is 3.25. The van der Waals surface area contributed by atoms with Crippen LogP contribution in [0.15, 0.2) is 12.1 Å². The highest BCUT2D eigenvalue weighted by atomic mass is 35.5. The van der Waals surface area contributed by atoms with Crippen molar-refractivity contribution in [2.45, 2.75) is 13.8 Å². The maximum Gasteiger partial charge on any atom is 0.384 e. The molecule has 0 N–H and O–H groups in total. The molecule has 2 nitrogen and oxygen atoms in total. The Morgan fingerprint density at radius 2 is 2.25 bits per heavy atom. The number of esters is 1. The van der Waals surface area contributed by atoms with Crippen molar-refractivity contribution in [2.24, 2.45) is 0 Å². The van der Waals surface area contributed by atoms with Crippen molar-refractivity contribution in [2.75, 3.05) is 6.61 Å². The highest BCUT2D eigenvalue weighted by Crippen LogP contribution is 2.19. The molecule has 0 saturated heterocycles. The highest BCUT2D eigenvalue weighted by Gasteiger charge is 2.04. The summed E-state index contributed by atoms with van der Waals surface area (Å²) < 4.78 is 17.9. The third-order valence-electron chi connectivity index (χ3n) is 1.82. The van der Waals surface area contributed by atoms with Gasteiger partial charge in [-0.2, -0.15) is 0 Å². The number of halogens is 2. The number of rotatable bonds is 1. The monoisotopic (exact) mass is 240 g/mol. The van der Waals surface area contributed by atoms with Crippen LogP contribution < -0.4 is 0 Å². The van der Waals surface area contributed by atoms with E-state index in [2.05, 4.69) is 16.6 Å². The van der Waals surface area contributed by atoms with E-state index in [0.717, 1.165) is 0 Å². The smallest absolute Gasteiger partial charge is 0.384 e. The van der Waals surface area contributed by atoms with Gasteiger partial charge in [-0.1, -0.05) is 17.5 Å². The van der Waals surface area contributed by atoms with Crippen LogP contribution >= 0.6 is 11.6 Å². The molecule has 16 heavy (non-hydrogen) atoms. The van der Waals surface area contributed by atoms with Crippen molar-refractivity contribution in [1.29, 1.82) is 0 Å². The van der Waals surface area contributed by atoms with E-state index in [9.17, 15) is 9.18 Å². The van der Waals surface area contributed by atoms with Crippen LogP contribution in [0.4, 0.5) is 4.39 Å². The van der Waals surface area contributed by atoms with Crippen LogP contribution in [0.5, 0.6) is 0 Å². The lowest BCUT2D eigenvalue weighted by molar-refractivity contribution is -0.136. The fourth-order valence-corrected chi connectivity index (χ4v) is 1.19. The Bertz CT molecular complexity index is 472. The normalized spacial score (nSPS) is 9.25. The van der Waals surface area contributed by atoms with Gasteiger partial charge in [-0.25, -0.2) is 9.18 Å². The van der Waals surface area contributed by atoms with Crippen LogP contribution in [0.2, 0.25) is 5.02 Å². The van der Waals surface area contributed by atoms with Crippen molar-refractivity contribution < 1.29 is 13.9 Å². The molecular weight excluding hydrogens is 231 g/mol. The number of hydrogen-bond donors (Lipinski definition) is 0. The van der Waals surface area contributed by atoms with E-state index >= 15 is 0 Å². The minimum absolute atomic E-state index is 0.0867. The van der Waals surface area contributed by atoms with Gasteiger partial charge in [0, 0.05) is 10.9 Å². The van der Waals surface area contributed by atoms with Gasteiger partial charge in [-0.15, -0.1) is 0 Å². The summed E-state index contributed by atoms with van der Waals surface area (Å²) in [4.78, 5) is 10.9. The number of aryl methyl sites for hydroxylation is 1. The van der Waals surface area contributed by atoms with E-state index < -0.39 is 11.8 Å². The Balaban J connectivity index is 2.97. The zero-order valence-electron chi connectivity index (χ0n) is 8.93. The predicted octanol–water partition coefficient (Wildman–Crippen LogP) is 2.70. The highest BCUT2D eigenvalue weighted by molar-refractivity contribution is 6.31. The molecule has 0 fully saturated rings. The summed E-state index contributed by atoms with van der Waals surface area (Å²) in [7, 11) is 0. The van der Waals surface area contributed by atoms with Crippen molar-refractivity contribution >= 4 is 17.6 Å². The zero-order chi connectivity index (χ0) is 12.1. The summed E-state index contributed by atoms with van der Waals surface area (Å²) in [5.74, 6) is 3.38. The van der Waals surface area contributed by atoms with Crippen LogP contribution in [-0.2, 0) is 9.53 Å². The summed E-state index contributed by atoms with van der Waals surface area (Å²) in [5.41, 5.74) is 0.713. The molecule has 0 spiro atoms. The van der Waals surface area contributed by atoms with Crippen LogP contribution in [-0.4, -0.2) is 12.6 Å². The van der Waals surface area contributed by atoms with E-state index in [0.29, 0.717) is 10.6 Å². The molecule has 0 radical (unpaired) electrons. The first-order valence-corrected chi connectivity index (χ1v) is 5.06. The Labute approximate surface area is 98.4 Å². The SMILES string of the molecule is CCOC(=O)C#Cc1cc(Cl)c(C)cc1F. The predicted molar refractivity (Wildman–Crippen MR) is 59.7 cm³/mol. The third-order valence-corrected chi connectivity index (χ3v) is 2.23. The Kier molecular flexibility index (Phi) is 4.33. The molecule has 0 unspecified atom stereocenters. The standard InChI is InChI=1S/C12H10ClFO2/c1-3-16-12(15)5-4-9-7-10(13)8(2)6-11(9)14/h6-7H,3H2,1-2H3. The van der Waals surface area contributed by atoms with Crippen molar-refractivity contribution in [3.63, 3.8) is 0 Å². The lowest BCUT2D eigenvalue weighted by atomic mass is 10.1. The van der Waals surface area contributed by atoms with Gasteiger partial charge in [0.2, 0.25) is 0 Å². The quantitative estimate of drug-likeness (QED) is 0.557. The second-order valence-corrected chi connectivity index (χ2v) is 3.46. The van der Waals surface area contributed by atoms with Crippen LogP contribution in [0.1, 0.15) is 18.1 Å². The van der Waals surface area contributed by atoms with Gasteiger partial charge < -0.3 is 4.74 Å². The first kappa shape index (κ1) is 12.5. The maximum absolute atomic E-state index is 13.4. The van der Waals surface area contributed by atoms with Gasteiger partial charge in [-0.05, 0) is 31.5 Å².